The van der Waals surface area contributed by atoms with Crippen molar-refractivity contribution in [2.75, 3.05) is 26.2 Å². The van der Waals surface area contributed by atoms with Crippen molar-refractivity contribution in [1.29, 1.82) is 0 Å². The maximum Gasteiger partial charge on any atom is 0.273 e. The van der Waals surface area contributed by atoms with Gasteiger partial charge in [0.1, 0.15) is 0 Å². The minimum Gasteiger partial charge on any atom is -0.296 e. The lowest BCUT2D eigenvalue weighted by Gasteiger charge is -2.34. The molecule has 0 bridgehead atoms. The summed E-state index contributed by atoms with van der Waals surface area (Å²) < 4.78 is 27.3. The highest BCUT2D eigenvalue weighted by Gasteiger charge is 2.31. The molecule has 11 heteroatoms. The van der Waals surface area contributed by atoms with Crippen LogP contribution >= 0.6 is 0 Å². The third-order valence-corrected chi connectivity index (χ3v) is 6.95. The van der Waals surface area contributed by atoms with Gasteiger partial charge in [-0.05, 0) is 12.5 Å². The first kappa shape index (κ1) is 20.8. The molecule has 0 amide bonds. The maximum atomic E-state index is 13.0. The van der Waals surface area contributed by atoms with E-state index in [1.807, 2.05) is 4.90 Å². The van der Waals surface area contributed by atoms with E-state index in [-0.39, 0.29) is 29.4 Å². The number of non-ortho nitro benzene ring substituents is 1. The number of para-hydroxylation sites is 1. The van der Waals surface area contributed by atoms with Gasteiger partial charge >= 0.3 is 0 Å². The van der Waals surface area contributed by atoms with E-state index in [9.17, 15) is 28.6 Å². The Morgan fingerprint density at radius 1 is 0.966 bits per heavy atom. The molecule has 0 aromatic heterocycles. The highest BCUT2D eigenvalue weighted by molar-refractivity contribution is 7.89. The number of piperazine rings is 1. The number of nitro benzene ring substituents is 2. The normalized spacial score (nSPS) is 15.9. The number of nitro groups is 2. The number of hydrogen-bond donors (Lipinski definition) is 0. The Morgan fingerprint density at radius 2 is 1.62 bits per heavy atom. The van der Waals surface area contributed by atoms with E-state index in [0.29, 0.717) is 30.8 Å². The largest absolute Gasteiger partial charge is 0.296 e. The molecule has 0 saturated carbocycles. The Kier molecular flexibility index (Phi) is 5.91. The molecule has 0 aliphatic carbocycles. The second kappa shape index (κ2) is 8.23. The third kappa shape index (κ3) is 4.42. The highest BCUT2D eigenvalue weighted by atomic mass is 32.2. The minimum absolute atomic E-state index is 0.0368. The molecule has 1 fully saturated rings. The van der Waals surface area contributed by atoms with Crippen LogP contribution < -0.4 is 0 Å². The van der Waals surface area contributed by atoms with Gasteiger partial charge in [0, 0.05) is 56.5 Å². The van der Waals surface area contributed by atoms with Crippen molar-refractivity contribution in [3.05, 3.63) is 73.8 Å². The first-order valence-electron chi connectivity index (χ1n) is 8.90. The molecule has 29 heavy (non-hydrogen) atoms. The van der Waals surface area contributed by atoms with E-state index in [0.717, 1.165) is 6.07 Å². The minimum atomic E-state index is -3.87. The molecule has 0 unspecified atom stereocenters. The molecule has 2 aromatic carbocycles. The van der Waals surface area contributed by atoms with Gasteiger partial charge in [-0.15, -0.1) is 0 Å². The third-order valence-electron chi connectivity index (χ3n) is 4.91. The first-order chi connectivity index (χ1) is 13.7. The molecule has 1 heterocycles. The molecular formula is C18H20N4O6S. The number of rotatable bonds is 6. The van der Waals surface area contributed by atoms with Gasteiger partial charge in [0.2, 0.25) is 10.0 Å². The number of aryl methyl sites for hydroxylation is 1. The second-order valence-corrected chi connectivity index (χ2v) is 8.68. The molecular weight excluding hydrogens is 400 g/mol. The van der Waals surface area contributed by atoms with Crippen molar-refractivity contribution in [1.82, 2.24) is 9.21 Å². The van der Waals surface area contributed by atoms with Gasteiger partial charge in [0.05, 0.1) is 14.7 Å². The summed E-state index contributed by atoms with van der Waals surface area (Å²) in [5.41, 5.74) is 0.778. The lowest BCUT2D eigenvalue weighted by Crippen LogP contribution is -2.48. The second-order valence-electron chi connectivity index (χ2n) is 6.77. The van der Waals surface area contributed by atoms with Crippen LogP contribution in [0.4, 0.5) is 11.4 Å². The molecule has 3 rings (SSSR count). The molecule has 1 aliphatic rings. The van der Waals surface area contributed by atoms with Crippen LogP contribution in [0.3, 0.4) is 0 Å². The van der Waals surface area contributed by atoms with Crippen molar-refractivity contribution in [2.45, 2.75) is 18.4 Å². The Hall–Kier alpha value is -2.89. The van der Waals surface area contributed by atoms with Crippen molar-refractivity contribution in [2.24, 2.45) is 0 Å². The van der Waals surface area contributed by atoms with Gasteiger partial charge < -0.3 is 0 Å². The van der Waals surface area contributed by atoms with Crippen LogP contribution in [0.2, 0.25) is 0 Å². The van der Waals surface area contributed by atoms with E-state index in [1.54, 1.807) is 25.1 Å². The average Bonchev–Trinajstić information content (AvgIpc) is 2.68. The maximum absolute atomic E-state index is 13.0. The molecule has 10 nitrogen and oxygen atoms in total. The van der Waals surface area contributed by atoms with Crippen LogP contribution in [0.15, 0.2) is 47.4 Å². The number of sulfonamides is 1. The SMILES string of the molecule is Cc1ccc([N+](=O)[O-])cc1S(=O)(=O)N1CCN(Cc2ccccc2[N+](=O)[O-])CC1. The summed E-state index contributed by atoms with van der Waals surface area (Å²) in [6.07, 6.45) is 0. The van der Waals surface area contributed by atoms with Gasteiger partial charge in [-0.3, -0.25) is 25.1 Å². The fourth-order valence-electron chi connectivity index (χ4n) is 3.31. The molecule has 0 atom stereocenters. The number of benzene rings is 2. The zero-order valence-corrected chi connectivity index (χ0v) is 16.5. The summed E-state index contributed by atoms with van der Waals surface area (Å²) in [5, 5.41) is 22.2. The van der Waals surface area contributed by atoms with Crippen molar-refractivity contribution in [3.63, 3.8) is 0 Å². The molecule has 0 radical (unpaired) electrons. The summed E-state index contributed by atoms with van der Waals surface area (Å²) in [7, 11) is -3.87. The van der Waals surface area contributed by atoms with E-state index < -0.39 is 19.9 Å². The van der Waals surface area contributed by atoms with E-state index in [1.165, 1.54) is 22.5 Å². The average molecular weight is 420 g/mol. The topological polar surface area (TPSA) is 127 Å². The Balaban J connectivity index is 1.73. The van der Waals surface area contributed by atoms with Crippen molar-refractivity contribution in [3.8, 4) is 0 Å². The fourth-order valence-corrected chi connectivity index (χ4v) is 4.98. The molecule has 0 spiro atoms. The summed E-state index contributed by atoms with van der Waals surface area (Å²) in [5.74, 6) is 0. The van der Waals surface area contributed by atoms with E-state index >= 15 is 0 Å². The predicted molar refractivity (Wildman–Crippen MR) is 105 cm³/mol. The standard InChI is InChI=1S/C18H20N4O6S/c1-14-6-7-16(21(23)24)12-18(14)29(27,28)20-10-8-19(9-11-20)13-15-4-2-3-5-17(15)22(25)26/h2-7,12H,8-11,13H2,1H3. The van der Waals surface area contributed by atoms with Crippen molar-refractivity contribution >= 4 is 21.4 Å². The van der Waals surface area contributed by atoms with Gasteiger partial charge in [-0.1, -0.05) is 24.3 Å². The summed E-state index contributed by atoms with van der Waals surface area (Å²) in [6, 6.07) is 10.3. The highest BCUT2D eigenvalue weighted by Crippen LogP contribution is 2.26. The summed E-state index contributed by atoms with van der Waals surface area (Å²) in [4.78, 5) is 23.0. The van der Waals surface area contributed by atoms with Crippen molar-refractivity contribution < 1.29 is 18.3 Å². The summed E-state index contributed by atoms with van der Waals surface area (Å²) in [6.45, 7) is 3.15. The van der Waals surface area contributed by atoms with Gasteiger partial charge in [-0.25, -0.2) is 8.42 Å². The van der Waals surface area contributed by atoms with Crippen LogP contribution in [0.5, 0.6) is 0 Å². The zero-order valence-electron chi connectivity index (χ0n) is 15.7. The molecule has 1 aliphatic heterocycles. The molecule has 1 saturated heterocycles. The quantitative estimate of drug-likeness (QED) is 0.518. The Labute approximate surface area is 167 Å². The molecule has 2 aromatic rings. The predicted octanol–water partition coefficient (Wildman–Crippen LogP) is 2.32. The van der Waals surface area contributed by atoms with E-state index in [4.69, 9.17) is 0 Å². The first-order valence-corrected chi connectivity index (χ1v) is 10.3. The van der Waals surface area contributed by atoms with Crippen LogP contribution in [0.1, 0.15) is 11.1 Å². The lowest BCUT2D eigenvalue weighted by molar-refractivity contribution is -0.385. The monoisotopic (exact) mass is 420 g/mol. The number of hydrogen-bond acceptors (Lipinski definition) is 7. The van der Waals surface area contributed by atoms with Gasteiger partial charge in [0.15, 0.2) is 0 Å². The summed E-state index contributed by atoms with van der Waals surface area (Å²) >= 11 is 0. The van der Waals surface area contributed by atoms with Gasteiger partial charge in [0.25, 0.3) is 11.4 Å². The smallest absolute Gasteiger partial charge is 0.273 e. The Bertz CT molecular complexity index is 1050. The van der Waals surface area contributed by atoms with Crippen LogP contribution in [-0.4, -0.2) is 53.6 Å². The van der Waals surface area contributed by atoms with E-state index in [2.05, 4.69) is 0 Å². The molecule has 154 valence electrons. The number of nitrogens with zero attached hydrogens (tertiary/aromatic N) is 4. The van der Waals surface area contributed by atoms with Gasteiger partial charge in [-0.2, -0.15) is 4.31 Å². The van der Waals surface area contributed by atoms with Crippen LogP contribution in [-0.2, 0) is 16.6 Å². The Morgan fingerprint density at radius 3 is 2.24 bits per heavy atom. The fraction of sp³-hybridized carbons (Fsp3) is 0.333. The molecule has 0 N–H and O–H groups in total. The van der Waals surface area contributed by atoms with Crippen LogP contribution in [0.25, 0.3) is 0 Å². The van der Waals surface area contributed by atoms with Crippen LogP contribution in [0, 0.1) is 27.2 Å². The zero-order chi connectivity index (χ0) is 21.2. The lowest BCUT2D eigenvalue weighted by atomic mass is 10.1.